The first-order chi connectivity index (χ1) is 13.7. The van der Waals surface area contributed by atoms with Crippen LogP contribution in [0.3, 0.4) is 0 Å². The molecule has 3 rings (SSSR count). The maximum atomic E-state index is 5.65. The van der Waals surface area contributed by atoms with Crippen LogP contribution in [0.25, 0.3) is 23.0 Å². The summed E-state index contributed by atoms with van der Waals surface area (Å²) < 4.78 is 16.1. The monoisotopic (exact) mass is 379 g/mol. The summed E-state index contributed by atoms with van der Waals surface area (Å²) in [5, 5.41) is 4.15. The smallest absolute Gasteiger partial charge is 0.254 e. The zero-order valence-corrected chi connectivity index (χ0v) is 16.2. The minimum absolute atomic E-state index is 0.519. The molecular weight excluding hydrogens is 354 g/mol. The van der Waals surface area contributed by atoms with Crippen molar-refractivity contribution in [2.45, 2.75) is 19.3 Å². The van der Waals surface area contributed by atoms with E-state index in [2.05, 4.69) is 16.2 Å². The third-order valence-electron chi connectivity index (χ3n) is 4.38. The van der Waals surface area contributed by atoms with Gasteiger partial charge in [-0.05, 0) is 73.8 Å². The van der Waals surface area contributed by atoms with Gasteiger partial charge in [-0.3, -0.25) is 0 Å². The number of nitrogens with zero attached hydrogens (tertiary/aromatic N) is 2. The second-order valence-electron chi connectivity index (χ2n) is 6.34. The Morgan fingerprint density at radius 2 is 1.82 bits per heavy atom. The Hall–Kier alpha value is -3.12. The van der Waals surface area contributed by atoms with Crippen molar-refractivity contribution in [3.8, 4) is 22.9 Å². The van der Waals surface area contributed by atoms with Crippen LogP contribution in [0, 0.1) is 0 Å². The molecule has 0 radical (unpaired) electrons. The van der Waals surface area contributed by atoms with E-state index >= 15 is 0 Å². The molecule has 0 spiro atoms. The first kappa shape index (κ1) is 19.6. The number of aromatic nitrogens is 2. The van der Waals surface area contributed by atoms with Gasteiger partial charge in [0.25, 0.3) is 5.89 Å². The van der Waals surface area contributed by atoms with E-state index in [4.69, 9.17) is 19.7 Å². The van der Waals surface area contributed by atoms with Crippen molar-refractivity contribution in [2.24, 2.45) is 5.73 Å². The van der Waals surface area contributed by atoms with Crippen LogP contribution in [0.1, 0.15) is 30.7 Å². The first-order valence-electron chi connectivity index (χ1n) is 9.26. The highest BCUT2D eigenvalue weighted by atomic mass is 16.5. The summed E-state index contributed by atoms with van der Waals surface area (Å²) in [5.41, 5.74) is 8.52. The lowest BCUT2D eigenvalue weighted by Crippen LogP contribution is -1.98. The highest BCUT2D eigenvalue weighted by molar-refractivity contribution is 5.78. The van der Waals surface area contributed by atoms with Crippen LogP contribution in [0.5, 0.6) is 11.5 Å². The lowest BCUT2D eigenvalue weighted by molar-refractivity contribution is 0.406. The van der Waals surface area contributed by atoms with E-state index in [-0.39, 0.29) is 0 Å². The lowest BCUT2D eigenvalue weighted by atomic mass is 10.0. The quantitative estimate of drug-likeness (QED) is 0.554. The third kappa shape index (κ3) is 4.98. The number of methoxy groups -OCH3 is 2. The van der Waals surface area contributed by atoms with Gasteiger partial charge >= 0.3 is 0 Å². The van der Waals surface area contributed by atoms with Crippen molar-refractivity contribution >= 4 is 11.6 Å². The average Bonchev–Trinajstić information content (AvgIpc) is 3.23. The fourth-order valence-electron chi connectivity index (χ4n) is 2.84. The average molecular weight is 379 g/mol. The molecule has 0 unspecified atom stereocenters. The molecule has 2 aromatic carbocycles. The van der Waals surface area contributed by atoms with Crippen LogP contribution < -0.4 is 15.2 Å². The van der Waals surface area contributed by atoms with Gasteiger partial charge in [0.15, 0.2) is 0 Å². The number of benzene rings is 2. The standard InChI is InChI=1S/C22H25N3O3/c1-26-19-11-9-17(10-12-19)21-24-22(28-25-21)18(7-3-4-13-23)14-16-6-5-8-20(15-16)27-2/h5-6,8-12,14-15H,3-4,7,13,23H2,1-2H3/b18-14+. The van der Waals surface area contributed by atoms with Gasteiger partial charge in [-0.2, -0.15) is 4.98 Å². The largest absolute Gasteiger partial charge is 0.497 e. The summed E-state index contributed by atoms with van der Waals surface area (Å²) in [6.45, 7) is 0.660. The van der Waals surface area contributed by atoms with E-state index < -0.39 is 0 Å². The molecule has 6 nitrogen and oxygen atoms in total. The molecule has 0 aliphatic carbocycles. The molecule has 1 heterocycles. The molecule has 1 aromatic heterocycles. The van der Waals surface area contributed by atoms with Gasteiger partial charge in [0, 0.05) is 11.1 Å². The SMILES string of the molecule is COc1ccc(-c2noc(/C(=C/c3cccc(OC)c3)CCCCN)n2)cc1. The van der Waals surface area contributed by atoms with E-state index in [9.17, 15) is 0 Å². The number of ether oxygens (including phenoxy) is 2. The first-order valence-corrected chi connectivity index (χ1v) is 9.26. The zero-order valence-electron chi connectivity index (χ0n) is 16.2. The molecule has 146 valence electrons. The van der Waals surface area contributed by atoms with Crippen molar-refractivity contribution in [3.05, 3.63) is 60.0 Å². The Balaban J connectivity index is 1.89. The zero-order chi connectivity index (χ0) is 19.8. The molecule has 0 saturated carbocycles. The molecule has 0 saturated heterocycles. The summed E-state index contributed by atoms with van der Waals surface area (Å²) in [4.78, 5) is 4.60. The summed E-state index contributed by atoms with van der Waals surface area (Å²) >= 11 is 0. The van der Waals surface area contributed by atoms with Crippen LogP contribution >= 0.6 is 0 Å². The molecule has 0 atom stereocenters. The normalized spacial score (nSPS) is 11.5. The molecule has 0 aliphatic rings. The Kier molecular flexibility index (Phi) is 6.81. The molecule has 0 bridgehead atoms. The number of hydrogen-bond donors (Lipinski definition) is 1. The Morgan fingerprint density at radius 3 is 2.54 bits per heavy atom. The van der Waals surface area contributed by atoms with E-state index in [0.29, 0.717) is 18.3 Å². The van der Waals surface area contributed by atoms with Crippen LogP contribution in [0.2, 0.25) is 0 Å². The molecule has 0 aliphatic heterocycles. The number of unbranched alkanes of at least 4 members (excludes halogenated alkanes) is 1. The third-order valence-corrected chi connectivity index (χ3v) is 4.38. The molecule has 2 N–H and O–H groups in total. The molecule has 6 heteroatoms. The minimum Gasteiger partial charge on any atom is -0.497 e. The maximum absolute atomic E-state index is 5.65. The summed E-state index contributed by atoms with van der Waals surface area (Å²) in [5.74, 6) is 2.66. The van der Waals surface area contributed by atoms with E-state index in [1.54, 1.807) is 14.2 Å². The fraction of sp³-hybridized carbons (Fsp3) is 0.273. The van der Waals surface area contributed by atoms with Crippen LogP contribution in [-0.4, -0.2) is 30.9 Å². The molecule has 0 fully saturated rings. The van der Waals surface area contributed by atoms with Gasteiger partial charge in [0.1, 0.15) is 11.5 Å². The van der Waals surface area contributed by atoms with Gasteiger partial charge < -0.3 is 19.7 Å². The Bertz CT molecular complexity index is 917. The predicted molar refractivity (Wildman–Crippen MR) is 110 cm³/mol. The van der Waals surface area contributed by atoms with Crippen molar-refractivity contribution < 1.29 is 14.0 Å². The maximum Gasteiger partial charge on any atom is 0.254 e. The summed E-state index contributed by atoms with van der Waals surface area (Å²) in [7, 11) is 3.29. The number of rotatable bonds is 9. The molecular formula is C22H25N3O3. The van der Waals surface area contributed by atoms with E-state index in [1.165, 1.54) is 0 Å². The number of hydrogen-bond acceptors (Lipinski definition) is 6. The van der Waals surface area contributed by atoms with Crippen LogP contribution in [0.4, 0.5) is 0 Å². The topological polar surface area (TPSA) is 83.4 Å². The van der Waals surface area contributed by atoms with Gasteiger partial charge in [0.05, 0.1) is 14.2 Å². The van der Waals surface area contributed by atoms with Crippen LogP contribution in [0.15, 0.2) is 53.1 Å². The highest BCUT2D eigenvalue weighted by Crippen LogP contribution is 2.27. The van der Waals surface area contributed by atoms with Crippen molar-refractivity contribution in [3.63, 3.8) is 0 Å². The number of allylic oxidation sites excluding steroid dienone is 1. The van der Waals surface area contributed by atoms with Gasteiger partial charge in [-0.1, -0.05) is 17.3 Å². The van der Waals surface area contributed by atoms with Gasteiger partial charge in [0.2, 0.25) is 5.82 Å². The van der Waals surface area contributed by atoms with E-state index in [1.807, 2.05) is 48.5 Å². The van der Waals surface area contributed by atoms with Gasteiger partial charge in [-0.25, -0.2) is 0 Å². The van der Waals surface area contributed by atoms with Crippen LogP contribution in [-0.2, 0) is 0 Å². The summed E-state index contributed by atoms with van der Waals surface area (Å²) in [6, 6.07) is 15.4. The van der Waals surface area contributed by atoms with Crippen molar-refractivity contribution in [1.82, 2.24) is 10.1 Å². The minimum atomic E-state index is 0.519. The molecule has 28 heavy (non-hydrogen) atoms. The van der Waals surface area contributed by atoms with Gasteiger partial charge in [-0.15, -0.1) is 0 Å². The Labute approximate surface area is 165 Å². The second-order valence-corrected chi connectivity index (χ2v) is 6.34. The molecule has 0 amide bonds. The Morgan fingerprint density at radius 1 is 1.04 bits per heavy atom. The number of nitrogens with two attached hydrogens (primary N) is 1. The molecule has 3 aromatic rings. The van der Waals surface area contributed by atoms with Crippen molar-refractivity contribution in [2.75, 3.05) is 20.8 Å². The summed E-state index contributed by atoms with van der Waals surface area (Å²) in [6.07, 6.45) is 4.75. The fourth-order valence-corrected chi connectivity index (χ4v) is 2.84. The highest BCUT2D eigenvalue weighted by Gasteiger charge is 2.13. The lowest BCUT2D eigenvalue weighted by Gasteiger charge is -2.05. The second kappa shape index (κ2) is 9.71. The van der Waals surface area contributed by atoms with Crippen molar-refractivity contribution in [1.29, 1.82) is 0 Å². The predicted octanol–water partition coefficient (Wildman–Crippen LogP) is 4.42. The van der Waals surface area contributed by atoms with E-state index in [0.717, 1.165) is 47.5 Å².